The third-order valence-electron chi connectivity index (χ3n) is 3.66. The van der Waals surface area contributed by atoms with Gasteiger partial charge in [-0.15, -0.1) is 0 Å². The van der Waals surface area contributed by atoms with Crippen LogP contribution in [0.4, 0.5) is 5.69 Å². The molecule has 0 heterocycles. The molecule has 1 atom stereocenters. The summed E-state index contributed by atoms with van der Waals surface area (Å²) in [7, 11) is 0. The number of ether oxygens (including phenoxy) is 2. The molecule has 0 aliphatic heterocycles. The van der Waals surface area contributed by atoms with E-state index < -0.39 is 6.10 Å². The first-order valence-electron chi connectivity index (χ1n) is 7.73. The zero-order valence-electron chi connectivity index (χ0n) is 13.1. The molecule has 2 rings (SSSR count). The van der Waals surface area contributed by atoms with Gasteiger partial charge in [0.2, 0.25) is 5.91 Å². The minimum Gasteiger partial charge on any atom is -0.459 e. The molecule has 0 radical (unpaired) electrons. The molecule has 1 aromatic carbocycles. The molecule has 1 amide bonds. The lowest BCUT2D eigenvalue weighted by Gasteiger charge is -2.17. The van der Waals surface area contributed by atoms with Gasteiger partial charge < -0.3 is 14.8 Å². The largest absolute Gasteiger partial charge is 0.459 e. The topological polar surface area (TPSA) is 64.6 Å². The summed E-state index contributed by atoms with van der Waals surface area (Å²) in [6.07, 6.45) is 4.03. The molecule has 1 fully saturated rings. The van der Waals surface area contributed by atoms with Crippen molar-refractivity contribution in [3.8, 4) is 0 Å². The van der Waals surface area contributed by atoms with Gasteiger partial charge in [-0.05, 0) is 37.5 Å². The average Bonchev–Trinajstić information content (AvgIpc) is 2.97. The van der Waals surface area contributed by atoms with Crippen molar-refractivity contribution in [2.45, 2.75) is 58.3 Å². The first-order chi connectivity index (χ1) is 10.5. The number of hydrogen-bond acceptors (Lipinski definition) is 4. The van der Waals surface area contributed by atoms with Crippen LogP contribution in [0.15, 0.2) is 24.3 Å². The van der Waals surface area contributed by atoms with Gasteiger partial charge in [0.15, 0.2) is 6.10 Å². The Bertz CT molecular complexity index is 523. The molecule has 5 heteroatoms. The van der Waals surface area contributed by atoms with Crippen LogP contribution in [-0.2, 0) is 25.7 Å². The molecule has 0 bridgehead atoms. The van der Waals surface area contributed by atoms with Crippen molar-refractivity contribution in [1.29, 1.82) is 0 Å². The summed E-state index contributed by atoms with van der Waals surface area (Å²) >= 11 is 0. The number of rotatable bonds is 6. The van der Waals surface area contributed by atoms with E-state index in [9.17, 15) is 9.59 Å². The van der Waals surface area contributed by atoms with E-state index in [0.717, 1.165) is 18.4 Å². The van der Waals surface area contributed by atoms with Crippen molar-refractivity contribution in [3.63, 3.8) is 0 Å². The highest BCUT2D eigenvalue weighted by molar-refractivity contribution is 5.88. The Morgan fingerprint density at radius 3 is 2.73 bits per heavy atom. The Kier molecular flexibility index (Phi) is 5.95. The fourth-order valence-corrected chi connectivity index (χ4v) is 2.58. The molecular weight excluding hydrogens is 282 g/mol. The van der Waals surface area contributed by atoms with Crippen molar-refractivity contribution in [2.24, 2.45) is 0 Å². The minimum atomic E-state index is -0.540. The van der Waals surface area contributed by atoms with Crippen LogP contribution in [0.5, 0.6) is 0 Å². The van der Waals surface area contributed by atoms with Crippen LogP contribution in [0.1, 0.15) is 45.1 Å². The third-order valence-corrected chi connectivity index (χ3v) is 3.66. The van der Waals surface area contributed by atoms with Crippen LogP contribution in [0.3, 0.4) is 0 Å². The number of hydrogen-bond donors (Lipinski definition) is 1. The summed E-state index contributed by atoms with van der Waals surface area (Å²) in [5.74, 6) is -0.482. The fourth-order valence-electron chi connectivity index (χ4n) is 2.58. The summed E-state index contributed by atoms with van der Waals surface area (Å²) < 4.78 is 11.0. The first-order valence-corrected chi connectivity index (χ1v) is 7.73. The molecule has 1 aliphatic carbocycles. The second kappa shape index (κ2) is 7.94. The zero-order valence-corrected chi connectivity index (χ0v) is 13.1. The number of nitrogens with one attached hydrogen (secondary N) is 1. The van der Waals surface area contributed by atoms with Gasteiger partial charge in [-0.2, -0.15) is 0 Å². The molecule has 120 valence electrons. The summed E-state index contributed by atoms with van der Waals surface area (Å²) in [6, 6.07) is 7.24. The summed E-state index contributed by atoms with van der Waals surface area (Å²) in [4.78, 5) is 23.0. The van der Waals surface area contributed by atoms with Gasteiger partial charge in [-0.3, -0.25) is 4.79 Å². The van der Waals surface area contributed by atoms with Gasteiger partial charge in [-0.1, -0.05) is 25.0 Å². The van der Waals surface area contributed by atoms with E-state index in [-0.39, 0.29) is 24.6 Å². The van der Waals surface area contributed by atoms with Gasteiger partial charge in [-0.25, -0.2) is 4.79 Å². The third kappa shape index (κ3) is 5.15. The quantitative estimate of drug-likeness (QED) is 0.820. The predicted molar refractivity (Wildman–Crippen MR) is 83.3 cm³/mol. The Balaban J connectivity index is 1.81. The van der Waals surface area contributed by atoms with Gasteiger partial charge >= 0.3 is 5.97 Å². The van der Waals surface area contributed by atoms with E-state index >= 15 is 0 Å². The lowest BCUT2D eigenvalue weighted by molar-refractivity contribution is -0.160. The number of carbonyl (C=O) groups is 2. The Morgan fingerprint density at radius 2 is 2.05 bits per heavy atom. The molecule has 22 heavy (non-hydrogen) atoms. The maximum absolute atomic E-state index is 11.9. The molecule has 0 saturated heterocycles. The smallest absolute Gasteiger partial charge is 0.335 e. The van der Waals surface area contributed by atoms with E-state index in [1.54, 1.807) is 19.1 Å². The van der Waals surface area contributed by atoms with E-state index in [4.69, 9.17) is 9.47 Å². The molecule has 5 nitrogen and oxygen atoms in total. The van der Waals surface area contributed by atoms with Crippen molar-refractivity contribution < 1.29 is 19.1 Å². The molecule has 0 spiro atoms. The summed E-state index contributed by atoms with van der Waals surface area (Å²) in [5.41, 5.74) is 1.52. The second-order valence-electron chi connectivity index (χ2n) is 5.67. The first kappa shape index (κ1) is 16.5. The standard InChI is InChI=1S/C17H23NO4/c1-12(22-16-8-3-4-9-16)17(20)21-11-14-6-5-7-15(10-14)18-13(2)19/h5-7,10,12,16H,3-4,8-9,11H2,1-2H3,(H,18,19). The van der Waals surface area contributed by atoms with E-state index in [1.807, 2.05) is 12.1 Å². The molecule has 1 aromatic rings. The lowest BCUT2D eigenvalue weighted by atomic mass is 10.2. The molecular formula is C17H23NO4. The number of anilines is 1. The Hall–Kier alpha value is -1.88. The van der Waals surface area contributed by atoms with Crippen molar-refractivity contribution in [3.05, 3.63) is 29.8 Å². The summed E-state index contributed by atoms with van der Waals surface area (Å²) in [5, 5.41) is 2.70. The van der Waals surface area contributed by atoms with Crippen LogP contribution in [0.25, 0.3) is 0 Å². The molecule has 0 aromatic heterocycles. The molecule has 1 unspecified atom stereocenters. The SMILES string of the molecule is CC(=O)Nc1cccc(COC(=O)C(C)OC2CCCC2)c1. The number of amides is 1. The molecule has 1 aliphatic rings. The second-order valence-corrected chi connectivity index (χ2v) is 5.67. The van der Waals surface area contributed by atoms with Crippen LogP contribution < -0.4 is 5.32 Å². The minimum absolute atomic E-state index is 0.132. The van der Waals surface area contributed by atoms with Gasteiger partial charge in [0, 0.05) is 12.6 Å². The lowest BCUT2D eigenvalue weighted by Crippen LogP contribution is -2.27. The van der Waals surface area contributed by atoms with Crippen LogP contribution >= 0.6 is 0 Å². The normalized spacial score (nSPS) is 16.3. The zero-order chi connectivity index (χ0) is 15.9. The monoisotopic (exact) mass is 305 g/mol. The molecule has 1 saturated carbocycles. The van der Waals surface area contributed by atoms with E-state index in [0.29, 0.717) is 5.69 Å². The maximum Gasteiger partial charge on any atom is 0.335 e. The average molecular weight is 305 g/mol. The fraction of sp³-hybridized carbons (Fsp3) is 0.529. The Morgan fingerprint density at radius 1 is 1.32 bits per heavy atom. The van der Waals surface area contributed by atoms with Crippen LogP contribution in [0.2, 0.25) is 0 Å². The van der Waals surface area contributed by atoms with Crippen molar-refractivity contribution in [2.75, 3.05) is 5.32 Å². The van der Waals surface area contributed by atoms with Crippen molar-refractivity contribution >= 4 is 17.6 Å². The Labute approximate surface area is 131 Å². The number of benzene rings is 1. The van der Waals surface area contributed by atoms with E-state index in [2.05, 4.69) is 5.32 Å². The van der Waals surface area contributed by atoms with E-state index in [1.165, 1.54) is 19.8 Å². The van der Waals surface area contributed by atoms with Gasteiger partial charge in [0.05, 0.1) is 6.10 Å². The highest BCUT2D eigenvalue weighted by atomic mass is 16.6. The molecule has 1 N–H and O–H groups in total. The number of carbonyl (C=O) groups excluding carboxylic acids is 2. The summed E-state index contributed by atoms with van der Waals surface area (Å²) in [6.45, 7) is 3.35. The van der Waals surface area contributed by atoms with Crippen LogP contribution in [-0.4, -0.2) is 24.1 Å². The number of esters is 1. The highest BCUT2D eigenvalue weighted by Crippen LogP contribution is 2.22. The predicted octanol–water partition coefficient (Wildman–Crippen LogP) is 3.04. The van der Waals surface area contributed by atoms with Crippen LogP contribution in [0, 0.1) is 0 Å². The van der Waals surface area contributed by atoms with Gasteiger partial charge in [0.1, 0.15) is 6.61 Å². The maximum atomic E-state index is 11.9. The van der Waals surface area contributed by atoms with Gasteiger partial charge in [0.25, 0.3) is 0 Å². The van der Waals surface area contributed by atoms with Crippen molar-refractivity contribution in [1.82, 2.24) is 0 Å². The highest BCUT2D eigenvalue weighted by Gasteiger charge is 2.23.